The van der Waals surface area contributed by atoms with Crippen molar-refractivity contribution in [2.75, 3.05) is 0 Å². The summed E-state index contributed by atoms with van der Waals surface area (Å²) in [6.07, 6.45) is 4.45. The van der Waals surface area contributed by atoms with Gasteiger partial charge in [0.05, 0.1) is 0 Å². The van der Waals surface area contributed by atoms with E-state index in [2.05, 4.69) is 24.1 Å². The Morgan fingerprint density at radius 2 is 2.00 bits per heavy atom. The molecule has 0 bridgehead atoms. The van der Waals surface area contributed by atoms with Crippen LogP contribution in [0.4, 0.5) is 0 Å². The lowest BCUT2D eigenvalue weighted by molar-refractivity contribution is -0.122. The van der Waals surface area contributed by atoms with Gasteiger partial charge in [-0.25, -0.2) is 4.79 Å². The Labute approximate surface area is 118 Å². The highest BCUT2D eigenvalue weighted by molar-refractivity contribution is 5.75. The van der Waals surface area contributed by atoms with E-state index in [-0.39, 0.29) is 18.5 Å². The summed E-state index contributed by atoms with van der Waals surface area (Å²) in [5, 5.41) is 2.85. The second-order valence-corrected chi connectivity index (χ2v) is 5.53. The molecule has 6 heteroatoms. The smallest absolute Gasteiger partial charge is 0.328 e. The highest BCUT2D eigenvalue weighted by Gasteiger charge is 2.09. The van der Waals surface area contributed by atoms with Crippen LogP contribution in [-0.4, -0.2) is 21.5 Å². The van der Waals surface area contributed by atoms with Crippen LogP contribution in [-0.2, 0) is 11.3 Å². The minimum absolute atomic E-state index is 0.0792. The first-order valence-corrected chi connectivity index (χ1v) is 6.97. The molecule has 0 saturated heterocycles. The molecule has 1 unspecified atom stereocenters. The molecule has 0 aliphatic rings. The third kappa shape index (κ3) is 5.86. The van der Waals surface area contributed by atoms with Gasteiger partial charge in [-0.15, -0.1) is 0 Å². The minimum Gasteiger partial charge on any atom is -0.352 e. The molecule has 0 fully saturated rings. The van der Waals surface area contributed by atoms with Crippen LogP contribution in [0.15, 0.2) is 21.9 Å². The Morgan fingerprint density at radius 1 is 1.30 bits per heavy atom. The lowest BCUT2D eigenvalue weighted by Gasteiger charge is -2.15. The lowest BCUT2D eigenvalue weighted by atomic mass is 10.0. The number of rotatable bonds is 7. The van der Waals surface area contributed by atoms with Gasteiger partial charge in [0.2, 0.25) is 5.91 Å². The molecule has 1 aromatic heterocycles. The van der Waals surface area contributed by atoms with Crippen molar-refractivity contribution in [3.63, 3.8) is 0 Å². The average molecular weight is 281 g/mol. The first-order valence-electron chi connectivity index (χ1n) is 6.97. The minimum atomic E-state index is -0.569. The zero-order valence-corrected chi connectivity index (χ0v) is 12.3. The highest BCUT2D eigenvalue weighted by Crippen LogP contribution is 2.08. The molecule has 0 aliphatic heterocycles. The van der Waals surface area contributed by atoms with Gasteiger partial charge in [-0.2, -0.15) is 0 Å². The van der Waals surface area contributed by atoms with Gasteiger partial charge in [0.1, 0.15) is 6.54 Å². The molecule has 0 aliphatic carbocycles. The summed E-state index contributed by atoms with van der Waals surface area (Å²) in [6, 6.07) is 1.31. The van der Waals surface area contributed by atoms with Crippen molar-refractivity contribution in [2.45, 2.75) is 52.6 Å². The Morgan fingerprint density at radius 3 is 2.60 bits per heavy atom. The largest absolute Gasteiger partial charge is 0.352 e. The van der Waals surface area contributed by atoms with E-state index in [1.165, 1.54) is 16.8 Å². The third-order valence-corrected chi connectivity index (χ3v) is 3.04. The molecule has 0 radical (unpaired) electrons. The van der Waals surface area contributed by atoms with E-state index >= 15 is 0 Å². The van der Waals surface area contributed by atoms with Crippen molar-refractivity contribution in [1.29, 1.82) is 0 Å². The predicted molar refractivity (Wildman–Crippen MR) is 77.6 cm³/mol. The number of nitrogens with one attached hydrogen (secondary N) is 2. The molecule has 1 aromatic rings. The normalized spacial score (nSPS) is 12.4. The highest BCUT2D eigenvalue weighted by atomic mass is 16.2. The Kier molecular flexibility index (Phi) is 6.21. The summed E-state index contributed by atoms with van der Waals surface area (Å²) in [5.74, 6) is 0.439. The molecular weight excluding hydrogens is 258 g/mol. The van der Waals surface area contributed by atoms with Crippen LogP contribution in [0, 0.1) is 5.92 Å². The topological polar surface area (TPSA) is 84.0 Å². The third-order valence-electron chi connectivity index (χ3n) is 3.04. The number of carbonyl (C=O) groups excluding carboxylic acids is 1. The fourth-order valence-electron chi connectivity index (χ4n) is 1.95. The number of carbonyl (C=O) groups is 1. The summed E-state index contributed by atoms with van der Waals surface area (Å²) < 4.78 is 1.18. The monoisotopic (exact) mass is 281 g/mol. The Hall–Kier alpha value is -1.85. The van der Waals surface area contributed by atoms with Crippen LogP contribution < -0.4 is 16.6 Å². The zero-order valence-electron chi connectivity index (χ0n) is 12.3. The van der Waals surface area contributed by atoms with Gasteiger partial charge in [-0.1, -0.05) is 26.7 Å². The molecule has 0 saturated carbocycles. The van der Waals surface area contributed by atoms with E-state index in [1.54, 1.807) is 0 Å². The molecule has 1 rings (SSSR count). The first-order chi connectivity index (χ1) is 9.38. The van der Waals surface area contributed by atoms with E-state index < -0.39 is 11.2 Å². The second kappa shape index (κ2) is 7.67. The number of hydrogen-bond acceptors (Lipinski definition) is 3. The van der Waals surface area contributed by atoms with E-state index in [9.17, 15) is 14.4 Å². The summed E-state index contributed by atoms with van der Waals surface area (Å²) >= 11 is 0. The standard InChI is InChI=1S/C14H23N3O3/c1-10(2)5-4-6-11(3)15-13(19)9-17-8-7-12(18)16-14(17)20/h7-8,10-11H,4-6,9H2,1-3H3,(H,15,19)(H,16,18,20). The molecule has 1 atom stereocenters. The first kappa shape index (κ1) is 16.2. The average Bonchev–Trinajstić information content (AvgIpc) is 2.32. The number of H-pyrrole nitrogens is 1. The van der Waals surface area contributed by atoms with Crippen molar-refractivity contribution >= 4 is 5.91 Å². The Bertz CT molecular complexity index is 545. The molecule has 1 amide bonds. The van der Waals surface area contributed by atoms with Crippen molar-refractivity contribution in [3.8, 4) is 0 Å². The summed E-state index contributed by atoms with van der Waals surface area (Å²) in [5.41, 5.74) is -1.03. The SMILES string of the molecule is CC(C)CCCC(C)NC(=O)Cn1ccc(=O)[nH]c1=O. The second-order valence-electron chi connectivity index (χ2n) is 5.53. The van der Waals surface area contributed by atoms with Crippen molar-refractivity contribution in [2.24, 2.45) is 5.92 Å². The number of aromatic nitrogens is 2. The van der Waals surface area contributed by atoms with Crippen molar-refractivity contribution < 1.29 is 4.79 Å². The van der Waals surface area contributed by atoms with Gasteiger partial charge in [-0.3, -0.25) is 19.1 Å². The van der Waals surface area contributed by atoms with E-state index in [4.69, 9.17) is 0 Å². The van der Waals surface area contributed by atoms with Gasteiger partial charge in [0.15, 0.2) is 0 Å². The van der Waals surface area contributed by atoms with E-state index in [1.807, 2.05) is 6.92 Å². The number of amides is 1. The summed E-state index contributed by atoms with van der Waals surface area (Å²) in [4.78, 5) is 36.3. The van der Waals surface area contributed by atoms with Crippen molar-refractivity contribution in [1.82, 2.24) is 14.9 Å². The molecule has 20 heavy (non-hydrogen) atoms. The van der Waals surface area contributed by atoms with Gasteiger partial charge >= 0.3 is 5.69 Å². The van der Waals surface area contributed by atoms with Crippen molar-refractivity contribution in [3.05, 3.63) is 33.1 Å². The maximum absolute atomic E-state index is 11.8. The molecule has 2 N–H and O–H groups in total. The number of hydrogen-bond donors (Lipinski definition) is 2. The van der Waals surface area contributed by atoms with Crippen LogP contribution in [0.3, 0.4) is 0 Å². The molecule has 112 valence electrons. The number of aromatic amines is 1. The molecular formula is C14H23N3O3. The molecule has 0 aromatic carbocycles. The van der Waals surface area contributed by atoms with Crippen LogP contribution in [0.25, 0.3) is 0 Å². The number of nitrogens with zero attached hydrogens (tertiary/aromatic N) is 1. The molecule has 0 spiro atoms. The van der Waals surface area contributed by atoms with E-state index in [0.717, 1.165) is 19.3 Å². The Balaban J connectivity index is 2.43. The quantitative estimate of drug-likeness (QED) is 0.777. The van der Waals surface area contributed by atoms with Crippen LogP contribution in [0.5, 0.6) is 0 Å². The van der Waals surface area contributed by atoms with Gasteiger partial charge in [0.25, 0.3) is 5.56 Å². The molecule has 6 nitrogen and oxygen atoms in total. The fraction of sp³-hybridized carbons (Fsp3) is 0.643. The van der Waals surface area contributed by atoms with Gasteiger partial charge in [-0.05, 0) is 19.3 Å². The molecule has 1 heterocycles. The maximum atomic E-state index is 11.8. The summed E-state index contributed by atoms with van der Waals surface area (Å²) in [7, 11) is 0. The predicted octanol–water partition coefficient (Wildman–Crippen LogP) is 0.868. The zero-order chi connectivity index (χ0) is 15.1. The maximum Gasteiger partial charge on any atom is 0.328 e. The van der Waals surface area contributed by atoms with E-state index in [0.29, 0.717) is 5.92 Å². The van der Waals surface area contributed by atoms with Crippen LogP contribution >= 0.6 is 0 Å². The van der Waals surface area contributed by atoms with Gasteiger partial charge in [0, 0.05) is 18.3 Å². The van der Waals surface area contributed by atoms with Crippen LogP contribution in [0.2, 0.25) is 0 Å². The summed E-state index contributed by atoms with van der Waals surface area (Å²) in [6.45, 7) is 6.22. The van der Waals surface area contributed by atoms with Gasteiger partial charge < -0.3 is 5.32 Å². The lowest BCUT2D eigenvalue weighted by Crippen LogP contribution is -2.38. The van der Waals surface area contributed by atoms with Crippen LogP contribution in [0.1, 0.15) is 40.0 Å². The fourth-order valence-corrected chi connectivity index (χ4v) is 1.95.